The number of hydrogen-bond acceptors (Lipinski definition) is 6. The lowest BCUT2D eigenvalue weighted by Crippen LogP contribution is -2.19. The zero-order chi connectivity index (χ0) is 16.3. The number of benzene rings is 1. The van der Waals surface area contributed by atoms with E-state index in [-0.39, 0.29) is 17.5 Å². The first kappa shape index (κ1) is 16.1. The molecule has 0 saturated heterocycles. The average molecular weight is 320 g/mol. The van der Waals surface area contributed by atoms with Crippen molar-refractivity contribution in [1.82, 2.24) is 0 Å². The highest BCUT2D eigenvalue weighted by atomic mass is 32.2. The van der Waals surface area contributed by atoms with Crippen LogP contribution >= 0.6 is 11.8 Å². The van der Waals surface area contributed by atoms with Crippen LogP contribution in [0.5, 0.6) is 0 Å². The summed E-state index contributed by atoms with van der Waals surface area (Å²) in [6.07, 6.45) is 0. The maximum Gasteiger partial charge on any atom is 0.340 e. The van der Waals surface area contributed by atoms with Gasteiger partial charge < -0.3 is 10.5 Å². The van der Waals surface area contributed by atoms with Crippen molar-refractivity contribution in [2.45, 2.75) is 19.1 Å². The van der Waals surface area contributed by atoms with E-state index in [1.54, 1.807) is 24.5 Å². The van der Waals surface area contributed by atoms with Crippen LogP contribution in [-0.2, 0) is 9.53 Å². The third kappa shape index (κ3) is 3.14. The van der Waals surface area contributed by atoms with E-state index in [9.17, 15) is 14.9 Å². The summed E-state index contributed by atoms with van der Waals surface area (Å²) in [5, 5.41) is 12.3. The van der Waals surface area contributed by atoms with Crippen molar-refractivity contribution >= 4 is 23.4 Å². The summed E-state index contributed by atoms with van der Waals surface area (Å²) in [4.78, 5) is 22.3. The Morgan fingerprint density at radius 3 is 2.59 bits per heavy atom. The summed E-state index contributed by atoms with van der Waals surface area (Å²) >= 11 is 1.46. The minimum atomic E-state index is -0.444. The fraction of sp³-hybridized carbons (Fsp3) is 0.267. The van der Waals surface area contributed by atoms with Gasteiger partial charge in [-0.25, -0.2) is 4.79 Å². The van der Waals surface area contributed by atoms with Crippen molar-refractivity contribution in [2.24, 2.45) is 5.73 Å². The average Bonchev–Trinajstić information content (AvgIpc) is 2.48. The summed E-state index contributed by atoms with van der Waals surface area (Å²) in [6, 6.07) is 6.29. The third-order valence-corrected chi connectivity index (χ3v) is 4.58. The molecule has 1 aromatic rings. The van der Waals surface area contributed by atoms with Crippen LogP contribution in [-0.4, -0.2) is 17.5 Å². The van der Waals surface area contributed by atoms with Crippen molar-refractivity contribution in [2.75, 3.05) is 6.61 Å². The SMILES string of the molecule is CCOC(=O)C1=C(C)[C@H](c2ccc([N+](=O)[O-])cc2)SC=C1N. The van der Waals surface area contributed by atoms with Crippen LogP contribution in [0.3, 0.4) is 0 Å². The zero-order valence-electron chi connectivity index (χ0n) is 12.2. The molecule has 0 fully saturated rings. The van der Waals surface area contributed by atoms with Gasteiger partial charge in [0.25, 0.3) is 5.69 Å². The maximum absolute atomic E-state index is 12.0. The Kier molecular flexibility index (Phi) is 4.87. The highest BCUT2D eigenvalue weighted by Gasteiger charge is 2.27. The van der Waals surface area contributed by atoms with Crippen LogP contribution < -0.4 is 5.73 Å². The Bertz CT molecular complexity index is 665. The first-order chi connectivity index (χ1) is 10.5. The molecule has 1 aromatic carbocycles. The Hall–Kier alpha value is -2.28. The molecule has 2 N–H and O–H groups in total. The lowest BCUT2D eigenvalue weighted by Gasteiger charge is -2.24. The second-order valence-electron chi connectivity index (χ2n) is 4.72. The van der Waals surface area contributed by atoms with Gasteiger partial charge in [0.2, 0.25) is 0 Å². The van der Waals surface area contributed by atoms with Gasteiger partial charge in [-0.15, -0.1) is 11.8 Å². The van der Waals surface area contributed by atoms with Crippen LogP contribution in [0.1, 0.15) is 24.7 Å². The van der Waals surface area contributed by atoms with Gasteiger partial charge >= 0.3 is 5.97 Å². The minimum Gasteiger partial charge on any atom is -0.462 e. The van der Waals surface area contributed by atoms with Gasteiger partial charge in [-0.3, -0.25) is 10.1 Å². The lowest BCUT2D eigenvalue weighted by atomic mass is 9.98. The number of thioether (sulfide) groups is 1. The quantitative estimate of drug-likeness (QED) is 0.520. The molecule has 0 spiro atoms. The van der Waals surface area contributed by atoms with E-state index in [0.29, 0.717) is 11.3 Å². The highest BCUT2D eigenvalue weighted by Crippen LogP contribution is 2.43. The Morgan fingerprint density at radius 2 is 2.05 bits per heavy atom. The Labute approximate surface area is 132 Å². The van der Waals surface area contributed by atoms with Crippen molar-refractivity contribution in [3.05, 3.63) is 62.2 Å². The largest absolute Gasteiger partial charge is 0.462 e. The van der Waals surface area contributed by atoms with Gasteiger partial charge in [-0.1, -0.05) is 12.1 Å². The number of carbonyl (C=O) groups is 1. The Balaban J connectivity index is 2.36. The fourth-order valence-corrected chi connectivity index (χ4v) is 3.28. The molecule has 7 heteroatoms. The lowest BCUT2D eigenvalue weighted by molar-refractivity contribution is -0.384. The monoisotopic (exact) mass is 320 g/mol. The van der Waals surface area contributed by atoms with Gasteiger partial charge in [0.15, 0.2) is 0 Å². The van der Waals surface area contributed by atoms with Gasteiger partial charge in [0, 0.05) is 12.1 Å². The van der Waals surface area contributed by atoms with E-state index in [1.165, 1.54) is 23.9 Å². The van der Waals surface area contributed by atoms with Crippen LogP contribution in [0.25, 0.3) is 0 Å². The van der Waals surface area contributed by atoms with Crippen LogP contribution in [0.2, 0.25) is 0 Å². The third-order valence-electron chi connectivity index (χ3n) is 3.29. The van der Waals surface area contributed by atoms with E-state index in [1.807, 2.05) is 6.92 Å². The van der Waals surface area contributed by atoms with Crippen molar-refractivity contribution in [3.63, 3.8) is 0 Å². The van der Waals surface area contributed by atoms with E-state index in [4.69, 9.17) is 10.5 Å². The van der Waals surface area contributed by atoms with Gasteiger partial charge in [-0.05, 0) is 30.4 Å². The molecule has 1 aliphatic heterocycles. The number of nitro groups is 1. The van der Waals surface area contributed by atoms with E-state index in [2.05, 4.69) is 0 Å². The molecule has 0 bridgehead atoms. The highest BCUT2D eigenvalue weighted by molar-refractivity contribution is 8.02. The maximum atomic E-state index is 12.0. The summed E-state index contributed by atoms with van der Waals surface area (Å²) in [6.45, 7) is 3.84. The summed E-state index contributed by atoms with van der Waals surface area (Å²) in [7, 11) is 0. The number of hydrogen-bond donors (Lipinski definition) is 1. The van der Waals surface area contributed by atoms with Crippen LogP contribution in [0.15, 0.2) is 46.5 Å². The molecular formula is C15H16N2O4S. The van der Waals surface area contributed by atoms with Gasteiger partial charge in [-0.2, -0.15) is 0 Å². The van der Waals surface area contributed by atoms with Crippen molar-refractivity contribution in [1.29, 1.82) is 0 Å². The summed E-state index contributed by atoms with van der Waals surface area (Å²) in [5.41, 5.74) is 8.36. The number of nitrogens with zero attached hydrogens (tertiary/aromatic N) is 1. The van der Waals surface area contributed by atoms with E-state index in [0.717, 1.165) is 11.1 Å². The number of nitrogens with two attached hydrogens (primary N) is 1. The number of carbonyl (C=O) groups excluding carboxylic acids is 1. The normalized spacial score (nSPS) is 17.9. The molecule has 1 atom stereocenters. The molecule has 116 valence electrons. The predicted molar refractivity (Wildman–Crippen MR) is 85.0 cm³/mol. The second kappa shape index (κ2) is 6.65. The van der Waals surface area contributed by atoms with Crippen molar-refractivity contribution < 1.29 is 14.5 Å². The molecule has 0 aromatic heterocycles. The zero-order valence-corrected chi connectivity index (χ0v) is 13.1. The molecule has 1 aliphatic rings. The standard InChI is InChI=1S/C15H16N2O4S/c1-3-21-15(18)13-9(2)14(22-8-12(13)16)10-4-6-11(7-5-10)17(19)20/h4-8,14H,3,16H2,1-2H3/t14-/m1/s1. The second-order valence-corrected chi connectivity index (χ2v) is 5.70. The summed E-state index contributed by atoms with van der Waals surface area (Å²) < 4.78 is 5.04. The number of rotatable bonds is 4. The topological polar surface area (TPSA) is 95.5 Å². The van der Waals surface area contributed by atoms with Crippen LogP contribution in [0, 0.1) is 10.1 Å². The molecule has 22 heavy (non-hydrogen) atoms. The first-order valence-electron chi connectivity index (χ1n) is 6.69. The predicted octanol–water partition coefficient (Wildman–Crippen LogP) is 3.06. The number of non-ortho nitro benzene ring substituents is 1. The fourth-order valence-electron chi connectivity index (χ4n) is 2.24. The van der Waals surface area contributed by atoms with Crippen molar-refractivity contribution in [3.8, 4) is 0 Å². The van der Waals surface area contributed by atoms with Gasteiger partial charge in [0.1, 0.15) is 0 Å². The molecule has 6 nitrogen and oxygen atoms in total. The number of esters is 1. The number of nitro benzene ring substituents is 1. The molecule has 0 unspecified atom stereocenters. The first-order valence-corrected chi connectivity index (χ1v) is 7.63. The smallest absolute Gasteiger partial charge is 0.340 e. The van der Waals surface area contributed by atoms with E-state index < -0.39 is 10.9 Å². The van der Waals surface area contributed by atoms with E-state index >= 15 is 0 Å². The molecule has 0 saturated carbocycles. The molecule has 1 heterocycles. The van der Waals surface area contributed by atoms with Crippen LogP contribution in [0.4, 0.5) is 5.69 Å². The molecule has 0 radical (unpaired) electrons. The van der Waals surface area contributed by atoms with Gasteiger partial charge in [0.05, 0.1) is 28.1 Å². The molecule has 0 aliphatic carbocycles. The minimum absolute atomic E-state index is 0.0341. The molecule has 0 amide bonds. The Morgan fingerprint density at radius 1 is 1.41 bits per heavy atom. The number of ether oxygens (including phenoxy) is 1. The molecular weight excluding hydrogens is 304 g/mol. The molecule has 2 rings (SSSR count). The summed E-state index contributed by atoms with van der Waals surface area (Å²) in [5.74, 6) is -0.444.